The molecule has 1 nitrogen and oxygen atoms in total. The molecule has 100 valence electrons. The molecule has 2 unspecified atom stereocenters. The first-order valence-corrected chi connectivity index (χ1v) is 7.28. The Bertz CT molecular complexity index is 202. The summed E-state index contributed by atoms with van der Waals surface area (Å²) in [6.45, 7) is 12.8. The average molecular weight is 237 g/mol. The third-order valence-corrected chi connectivity index (χ3v) is 3.50. The smallest absolute Gasteiger partial charge is 0.0555 e. The molecule has 1 heteroatoms. The number of aliphatic imine (C=N–C) groups is 1. The van der Waals surface area contributed by atoms with Gasteiger partial charge in [-0.15, -0.1) is 6.58 Å². The van der Waals surface area contributed by atoms with Crippen LogP contribution in [0.25, 0.3) is 0 Å². The van der Waals surface area contributed by atoms with E-state index in [0.717, 1.165) is 12.3 Å². The minimum absolute atomic E-state index is 0.439. The summed E-state index contributed by atoms with van der Waals surface area (Å²) >= 11 is 0. The highest BCUT2D eigenvalue weighted by atomic mass is 14.8. The lowest BCUT2D eigenvalue weighted by atomic mass is 9.84. The Hall–Kier alpha value is -0.590. The number of hydrogen-bond donors (Lipinski definition) is 0. The van der Waals surface area contributed by atoms with Crippen molar-refractivity contribution in [2.24, 2.45) is 16.8 Å². The molecule has 0 aromatic rings. The molecule has 0 fully saturated rings. The standard InChI is InChI=1S/C16H31N/c1-6-10-15(11-7-2)13-14(5)16(12-8-3)17-9-4/h8-9,14-16H,3,6-7,10-13H2,1-2,4-5H3. The molecule has 0 aliphatic heterocycles. The molecular formula is C16H31N. The Kier molecular flexibility index (Phi) is 10.2. The summed E-state index contributed by atoms with van der Waals surface area (Å²) in [6, 6.07) is 0.439. The second kappa shape index (κ2) is 10.6. The molecule has 0 rings (SSSR count). The molecule has 0 radical (unpaired) electrons. The van der Waals surface area contributed by atoms with Crippen LogP contribution in [0.5, 0.6) is 0 Å². The van der Waals surface area contributed by atoms with Crippen LogP contribution >= 0.6 is 0 Å². The maximum atomic E-state index is 4.59. The van der Waals surface area contributed by atoms with Gasteiger partial charge in [0.1, 0.15) is 0 Å². The quantitative estimate of drug-likeness (QED) is 0.363. The second-order valence-electron chi connectivity index (χ2n) is 5.16. The molecular weight excluding hydrogens is 206 g/mol. The van der Waals surface area contributed by atoms with Crippen LogP contribution in [-0.2, 0) is 0 Å². The fourth-order valence-electron chi connectivity index (χ4n) is 2.68. The Morgan fingerprint density at radius 3 is 2.18 bits per heavy atom. The van der Waals surface area contributed by atoms with Gasteiger partial charge in [0.25, 0.3) is 0 Å². The van der Waals surface area contributed by atoms with Gasteiger partial charge in [-0.05, 0) is 37.8 Å². The predicted molar refractivity (Wildman–Crippen MR) is 79.9 cm³/mol. The summed E-state index contributed by atoms with van der Waals surface area (Å²) in [5, 5.41) is 0. The zero-order chi connectivity index (χ0) is 13.1. The van der Waals surface area contributed by atoms with Crippen molar-refractivity contribution in [3.63, 3.8) is 0 Å². The van der Waals surface area contributed by atoms with Crippen molar-refractivity contribution in [1.82, 2.24) is 0 Å². The van der Waals surface area contributed by atoms with Crippen LogP contribution in [0.15, 0.2) is 17.6 Å². The lowest BCUT2D eigenvalue weighted by molar-refractivity contribution is 0.312. The number of hydrogen-bond acceptors (Lipinski definition) is 1. The maximum absolute atomic E-state index is 4.59. The van der Waals surface area contributed by atoms with E-state index in [9.17, 15) is 0 Å². The van der Waals surface area contributed by atoms with Crippen molar-refractivity contribution in [3.05, 3.63) is 12.7 Å². The highest BCUT2D eigenvalue weighted by Crippen LogP contribution is 2.26. The van der Waals surface area contributed by atoms with Gasteiger partial charge in [0.2, 0.25) is 0 Å². The normalized spacial score (nSPS) is 15.4. The molecule has 0 N–H and O–H groups in total. The Balaban J connectivity index is 4.31. The first kappa shape index (κ1) is 16.4. The monoisotopic (exact) mass is 237 g/mol. The minimum Gasteiger partial charge on any atom is -0.294 e. The van der Waals surface area contributed by atoms with Crippen LogP contribution in [0.2, 0.25) is 0 Å². The van der Waals surface area contributed by atoms with Crippen molar-refractivity contribution < 1.29 is 0 Å². The molecule has 0 bridgehead atoms. The Morgan fingerprint density at radius 1 is 1.18 bits per heavy atom. The van der Waals surface area contributed by atoms with Crippen LogP contribution in [0, 0.1) is 11.8 Å². The van der Waals surface area contributed by atoms with E-state index in [2.05, 4.69) is 32.3 Å². The van der Waals surface area contributed by atoms with Gasteiger partial charge in [0.05, 0.1) is 6.04 Å². The van der Waals surface area contributed by atoms with Crippen LogP contribution in [0.1, 0.15) is 66.2 Å². The van der Waals surface area contributed by atoms with E-state index in [1.165, 1.54) is 32.1 Å². The molecule has 2 atom stereocenters. The van der Waals surface area contributed by atoms with E-state index >= 15 is 0 Å². The van der Waals surface area contributed by atoms with Gasteiger partial charge in [-0.1, -0.05) is 52.5 Å². The molecule has 0 spiro atoms. The lowest BCUT2D eigenvalue weighted by Crippen LogP contribution is -2.19. The largest absolute Gasteiger partial charge is 0.294 e. The summed E-state index contributed by atoms with van der Waals surface area (Å²) in [5.74, 6) is 1.56. The number of nitrogens with zero attached hydrogens (tertiary/aromatic N) is 1. The van der Waals surface area contributed by atoms with E-state index in [4.69, 9.17) is 0 Å². The fraction of sp³-hybridized carbons (Fsp3) is 0.812. The van der Waals surface area contributed by atoms with Crippen LogP contribution in [0.3, 0.4) is 0 Å². The van der Waals surface area contributed by atoms with Crippen molar-refractivity contribution in [2.75, 3.05) is 0 Å². The molecule has 0 aromatic heterocycles. The maximum Gasteiger partial charge on any atom is 0.0555 e. The van der Waals surface area contributed by atoms with Gasteiger partial charge in [-0.3, -0.25) is 4.99 Å². The van der Waals surface area contributed by atoms with Crippen LogP contribution in [-0.4, -0.2) is 12.3 Å². The summed E-state index contributed by atoms with van der Waals surface area (Å²) in [6.07, 6.45) is 11.6. The summed E-state index contributed by atoms with van der Waals surface area (Å²) in [4.78, 5) is 4.59. The molecule has 0 saturated heterocycles. The zero-order valence-corrected chi connectivity index (χ0v) is 12.3. The van der Waals surface area contributed by atoms with E-state index in [0.29, 0.717) is 12.0 Å². The van der Waals surface area contributed by atoms with Crippen LogP contribution < -0.4 is 0 Å². The minimum atomic E-state index is 0.439. The highest BCUT2D eigenvalue weighted by Gasteiger charge is 2.18. The van der Waals surface area contributed by atoms with Gasteiger partial charge in [0, 0.05) is 0 Å². The molecule has 0 heterocycles. The fourth-order valence-corrected chi connectivity index (χ4v) is 2.68. The van der Waals surface area contributed by atoms with E-state index in [-0.39, 0.29) is 0 Å². The molecule has 0 aliphatic rings. The lowest BCUT2D eigenvalue weighted by Gasteiger charge is -2.24. The molecule has 0 amide bonds. The first-order chi connectivity index (χ1) is 8.19. The molecule has 17 heavy (non-hydrogen) atoms. The first-order valence-electron chi connectivity index (χ1n) is 7.28. The second-order valence-corrected chi connectivity index (χ2v) is 5.16. The molecule has 0 aliphatic carbocycles. The summed E-state index contributed by atoms with van der Waals surface area (Å²) < 4.78 is 0. The van der Waals surface area contributed by atoms with Crippen molar-refractivity contribution in [2.45, 2.75) is 72.3 Å². The van der Waals surface area contributed by atoms with Gasteiger partial charge in [0.15, 0.2) is 0 Å². The zero-order valence-electron chi connectivity index (χ0n) is 12.3. The average Bonchev–Trinajstić information content (AvgIpc) is 2.29. The van der Waals surface area contributed by atoms with Crippen LogP contribution in [0.4, 0.5) is 0 Å². The molecule has 0 saturated carbocycles. The SMILES string of the molecule is C=CCC(N=CC)C(C)CC(CCC)CCC. The topological polar surface area (TPSA) is 12.4 Å². The third-order valence-electron chi connectivity index (χ3n) is 3.50. The highest BCUT2D eigenvalue weighted by molar-refractivity contribution is 5.53. The summed E-state index contributed by atoms with van der Waals surface area (Å²) in [7, 11) is 0. The van der Waals surface area contributed by atoms with Gasteiger partial charge in [-0.25, -0.2) is 0 Å². The van der Waals surface area contributed by atoms with E-state index < -0.39 is 0 Å². The van der Waals surface area contributed by atoms with Crippen molar-refractivity contribution in [3.8, 4) is 0 Å². The van der Waals surface area contributed by atoms with Crippen molar-refractivity contribution in [1.29, 1.82) is 0 Å². The van der Waals surface area contributed by atoms with E-state index in [1.54, 1.807) is 0 Å². The Morgan fingerprint density at radius 2 is 1.76 bits per heavy atom. The predicted octanol–water partition coefficient (Wildman–Crippen LogP) is 5.26. The number of rotatable bonds is 10. The van der Waals surface area contributed by atoms with Gasteiger partial charge in [-0.2, -0.15) is 0 Å². The van der Waals surface area contributed by atoms with E-state index in [1.807, 2.05) is 19.2 Å². The third kappa shape index (κ3) is 7.36. The summed E-state index contributed by atoms with van der Waals surface area (Å²) in [5.41, 5.74) is 0. The Labute approximate surface area is 108 Å². The van der Waals surface area contributed by atoms with Crippen molar-refractivity contribution >= 4 is 6.21 Å². The molecule has 0 aromatic carbocycles. The van der Waals surface area contributed by atoms with Gasteiger partial charge >= 0.3 is 0 Å². The van der Waals surface area contributed by atoms with Gasteiger partial charge < -0.3 is 0 Å².